The third kappa shape index (κ3) is 1.42. The van der Waals surface area contributed by atoms with Gasteiger partial charge in [-0.15, -0.1) is 0 Å². The van der Waals surface area contributed by atoms with Crippen molar-refractivity contribution in [2.45, 2.75) is 31.8 Å². The summed E-state index contributed by atoms with van der Waals surface area (Å²) in [4.78, 5) is 2.62. The quantitative estimate of drug-likeness (QED) is 0.524. The van der Waals surface area contributed by atoms with Gasteiger partial charge in [-0.3, -0.25) is 4.90 Å². The Labute approximate surface area is 82.4 Å². The fraction of sp³-hybridized carbons (Fsp3) is 1.00. The first-order chi connectivity index (χ1) is 5.31. The summed E-state index contributed by atoms with van der Waals surface area (Å²) >= 11 is 2.48. The summed E-state index contributed by atoms with van der Waals surface area (Å²) in [5, 5.41) is 0. The highest BCUT2D eigenvalue weighted by Gasteiger charge is 2.38. The zero-order valence-electron chi connectivity index (χ0n) is 6.96. The zero-order chi connectivity index (χ0) is 7.84. The van der Waals surface area contributed by atoms with E-state index in [-0.39, 0.29) is 0 Å². The normalized spacial score (nSPS) is 39.8. The molecule has 1 aliphatic carbocycles. The van der Waals surface area contributed by atoms with Crippen LogP contribution in [-0.2, 0) is 0 Å². The predicted molar refractivity (Wildman–Crippen MR) is 54.8 cm³/mol. The van der Waals surface area contributed by atoms with Crippen LogP contribution in [0.5, 0.6) is 0 Å². The van der Waals surface area contributed by atoms with Gasteiger partial charge < -0.3 is 0 Å². The van der Waals surface area contributed by atoms with E-state index < -0.39 is 0 Å². The molecule has 3 aliphatic rings. The lowest BCUT2D eigenvalue weighted by atomic mass is 9.86. The van der Waals surface area contributed by atoms with E-state index in [0.717, 1.165) is 12.1 Å². The highest BCUT2D eigenvalue weighted by atomic mass is 127. The minimum absolute atomic E-state index is 0.900. The smallest absolute Gasteiger partial charge is 0.0224 e. The summed E-state index contributed by atoms with van der Waals surface area (Å²) in [6.45, 7) is 6.05. The number of halogens is 1. The highest BCUT2D eigenvalue weighted by molar-refractivity contribution is 14.1. The van der Waals surface area contributed by atoms with Crippen molar-refractivity contribution >= 4 is 22.9 Å². The fourth-order valence-corrected chi connectivity index (χ4v) is 2.76. The second kappa shape index (κ2) is 3.18. The summed E-state index contributed by atoms with van der Waals surface area (Å²) in [5.74, 6) is 0. The molecule has 2 aliphatic heterocycles. The summed E-state index contributed by atoms with van der Waals surface area (Å²) in [6.07, 6.45) is 2.83. The minimum Gasteiger partial charge on any atom is -0.299 e. The summed E-state index contributed by atoms with van der Waals surface area (Å²) in [5.41, 5.74) is 0. The van der Waals surface area contributed by atoms with Gasteiger partial charge in [0.1, 0.15) is 0 Å². The van der Waals surface area contributed by atoms with E-state index in [1.165, 1.54) is 32.5 Å². The fourth-order valence-electron chi connectivity index (χ4n) is 2.09. The minimum atomic E-state index is 0.900. The van der Waals surface area contributed by atoms with Crippen LogP contribution in [0.4, 0.5) is 0 Å². The van der Waals surface area contributed by atoms with Crippen LogP contribution < -0.4 is 0 Å². The molecule has 11 heavy (non-hydrogen) atoms. The van der Waals surface area contributed by atoms with Gasteiger partial charge in [-0.25, -0.2) is 3.11 Å². The van der Waals surface area contributed by atoms with Gasteiger partial charge in [-0.05, 0) is 19.4 Å². The maximum atomic E-state index is 2.62. The number of hydrogen-bond acceptors (Lipinski definition) is 2. The molecule has 0 atom stereocenters. The zero-order valence-corrected chi connectivity index (χ0v) is 9.12. The molecule has 0 amide bonds. The average molecular weight is 266 g/mol. The van der Waals surface area contributed by atoms with Crippen molar-refractivity contribution in [2.75, 3.05) is 19.6 Å². The van der Waals surface area contributed by atoms with Crippen LogP contribution >= 0.6 is 22.9 Å². The first kappa shape index (κ1) is 8.26. The van der Waals surface area contributed by atoms with Gasteiger partial charge in [0.15, 0.2) is 0 Å². The Morgan fingerprint density at radius 1 is 1.27 bits per heavy atom. The molecule has 0 N–H and O–H groups in total. The van der Waals surface area contributed by atoms with Crippen LogP contribution in [0.25, 0.3) is 0 Å². The van der Waals surface area contributed by atoms with Crippen LogP contribution in [0.1, 0.15) is 19.8 Å². The molecule has 3 heteroatoms. The van der Waals surface area contributed by atoms with Crippen LogP contribution in [-0.4, -0.2) is 39.7 Å². The molecular weight excluding hydrogens is 251 g/mol. The van der Waals surface area contributed by atoms with Gasteiger partial charge in [0.25, 0.3) is 0 Å². The number of nitrogens with zero attached hydrogens (tertiary/aromatic N) is 2. The second-order valence-corrected chi connectivity index (χ2v) is 4.77. The topological polar surface area (TPSA) is 6.48 Å². The molecule has 64 valence electrons. The Bertz CT molecular complexity index is 142. The van der Waals surface area contributed by atoms with E-state index in [2.05, 4.69) is 37.8 Å². The van der Waals surface area contributed by atoms with E-state index in [4.69, 9.17) is 0 Å². The molecule has 1 saturated carbocycles. The molecule has 0 aromatic carbocycles. The molecule has 2 heterocycles. The number of rotatable bonds is 1. The Morgan fingerprint density at radius 2 is 2.00 bits per heavy atom. The SMILES string of the molecule is CCN1CCN(I)C2CC1C2. The van der Waals surface area contributed by atoms with E-state index >= 15 is 0 Å². The van der Waals surface area contributed by atoms with E-state index in [1.54, 1.807) is 0 Å². The molecule has 2 bridgehead atoms. The van der Waals surface area contributed by atoms with Crippen molar-refractivity contribution in [1.29, 1.82) is 0 Å². The van der Waals surface area contributed by atoms with Gasteiger partial charge >= 0.3 is 0 Å². The van der Waals surface area contributed by atoms with Crippen LogP contribution in [0.2, 0.25) is 0 Å². The standard InChI is InChI=1S/C8H15IN2/c1-2-10-3-4-11(9)8-5-7(10)6-8/h7-8H,2-6H2,1H3. The molecule has 3 fully saturated rings. The molecule has 3 rings (SSSR count). The summed E-state index contributed by atoms with van der Waals surface area (Å²) in [6, 6.07) is 1.82. The van der Waals surface area contributed by atoms with Crippen molar-refractivity contribution in [2.24, 2.45) is 0 Å². The van der Waals surface area contributed by atoms with Crippen molar-refractivity contribution < 1.29 is 0 Å². The molecule has 0 unspecified atom stereocenters. The third-order valence-electron chi connectivity index (χ3n) is 3.01. The number of likely N-dealkylation sites (N-methyl/N-ethyl adjacent to an activating group) is 1. The molecule has 0 aromatic rings. The predicted octanol–water partition coefficient (Wildman–Crippen LogP) is 1.50. The molecule has 0 radical (unpaired) electrons. The van der Waals surface area contributed by atoms with Crippen molar-refractivity contribution in [3.05, 3.63) is 0 Å². The van der Waals surface area contributed by atoms with Gasteiger partial charge in [-0.2, -0.15) is 0 Å². The molecule has 0 aromatic heterocycles. The monoisotopic (exact) mass is 266 g/mol. The van der Waals surface area contributed by atoms with Gasteiger partial charge in [0, 0.05) is 48.0 Å². The molecule has 2 nitrogen and oxygen atoms in total. The van der Waals surface area contributed by atoms with Crippen LogP contribution in [0, 0.1) is 0 Å². The van der Waals surface area contributed by atoms with Gasteiger partial charge in [0.2, 0.25) is 0 Å². The lowest BCUT2D eigenvalue weighted by Crippen LogP contribution is -2.46. The van der Waals surface area contributed by atoms with Crippen LogP contribution in [0.15, 0.2) is 0 Å². The van der Waals surface area contributed by atoms with E-state index in [0.29, 0.717) is 0 Å². The van der Waals surface area contributed by atoms with E-state index in [9.17, 15) is 0 Å². The Hall–Kier alpha value is 0.650. The highest BCUT2D eigenvalue weighted by Crippen LogP contribution is 2.34. The maximum Gasteiger partial charge on any atom is 0.0224 e. The Balaban J connectivity index is 1.98. The van der Waals surface area contributed by atoms with Gasteiger partial charge in [-0.1, -0.05) is 6.92 Å². The lowest BCUT2D eigenvalue weighted by molar-refractivity contribution is 0.130. The average Bonchev–Trinajstić information content (AvgIpc) is 2.13. The largest absolute Gasteiger partial charge is 0.299 e. The second-order valence-electron chi connectivity index (χ2n) is 3.53. The number of hydrogen-bond donors (Lipinski definition) is 0. The first-order valence-corrected chi connectivity index (χ1v) is 5.44. The van der Waals surface area contributed by atoms with Crippen molar-refractivity contribution in [3.8, 4) is 0 Å². The van der Waals surface area contributed by atoms with E-state index in [1.807, 2.05) is 0 Å². The number of fused-ring (bicyclic) bond motifs is 3. The maximum absolute atomic E-state index is 2.62. The Kier molecular flexibility index (Phi) is 2.39. The van der Waals surface area contributed by atoms with Gasteiger partial charge in [0.05, 0.1) is 0 Å². The Morgan fingerprint density at radius 3 is 2.64 bits per heavy atom. The molecular formula is C8H15IN2. The molecule has 0 spiro atoms. The van der Waals surface area contributed by atoms with Crippen molar-refractivity contribution in [3.63, 3.8) is 0 Å². The van der Waals surface area contributed by atoms with Crippen molar-refractivity contribution in [1.82, 2.24) is 8.01 Å². The molecule has 2 saturated heterocycles. The first-order valence-electron chi connectivity index (χ1n) is 4.47. The summed E-state index contributed by atoms with van der Waals surface area (Å²) in [7, 11) is 0. The van der Waals surface area contributed by atoms with Crippen LogP contribution in [0.3, 0.4) is 0 Å². The third-order valence-corrected chi connectivity index (χ3v) is 4.28. The lowest BCUT2D eigenvalue weighted by Gasteiger charge is -2.40. The summed E-state index contributed by atoms with van der Waals surface area (Å²) < 4.78 is 2.49.